The van der Waals surface area contributed by atoms with E-state index in [-0.39, 0.29) is 0 Å². The molecular formula is C18H32O16. The smallest absolute Gasteiger partial charge is 0.222 e. The van der Waals surface area contributed by atoms with Gasteiger partial charge in [-0.3, -0.25) is 0 Å². The van der Waals surface area contributed by atoms with Gasteiger partial charge in [-0.1, -0.05) is 0 Å². The van der Waals surface area contributed by atoms with Crippen LogP contribution in [0.2, 0.25) is 0 Å². The van der Waals surface area contributed by atoms with Crippen LogP contribution in [0.1, 0.15) is 0 Å². The summed E-state index contributed by atoms with van der Waals surface area (Å²) in [5.41, 5.74) is 0. The van der Waals surface area contributed by atoms with E-state index in [0.29, 0.717) is 0 Å². The largest absolute Gasteiger partial charge is 0.394 e. The molecule has 0 unspecified atom stereocenters. The van der Waals surface area contributed by atoms with Gasteiger partial charge in [0, 0.05) is 0 Å². The summed E-state index contributed by atoms with van der Waals surface area (Å²) >= 11 is 0. The molecule has 0 aromatic heterocycles. The first-order valence-electron chi connectivity index (χ1n) is 10.5. The van der Waals surface area contributed by atoms with Crippen molar-refractivity contribution in [2.75, 3.05) is 39.6 Å². The molecule has 12 atom stereocenters. The number of aliphatic hydroxyl groups is 11. The molecule has 0 aromatic carbocycles. The van der Waals surface area contributed by atoms with Crippen LogP contribution in [0, 0.1) is 0 Å². The minimum absolute atomic E-state index is 0.744. The van der Waals surface area contributed by atoms with Crippen molar-refractivity contribution >= 4 is 0 Å². The van der Waals surface area contributed by atoms with Gasteiger partial charge in [-0.15, -0.1) is 0 Å². The van der Waals surface area contributed by atoms with Crippen molar-refractivity contribution in [3.63, 3.8) is 0 Å². The molecule has 0 radical (unpaired) electrons. The van der Waals surface area contributed by atoms with Gasteiger partial charge in [0.2, 0.25) is 17.4 Å². The van der Waals surface area contributed by atoms with Crippen LogP contribution in [-0.4, -0.2) is 168 Å². The molecule has 3 fully saturated rings. The van der Waals surface area contributed by atoms with Gasteiger partial charge in [0.1, 0.15) is 74.8 Å². The van der Waals surface area contributed by atoms with Crippen LogP contribution >= 0.6 is 0 Å². The highest BCUT2D eigenvalue weighted by atomic mass is 16.8. The predicted octanol–water partition coefficient (Wildman–Crippen LogP) is -7.57. The van der Waals surface area contributed by atoms with Gasteiger partial charge in [-0.2, -0.15) is 0 Å². The molecule has 0 aromatic rings. The SMILES string of the molecule is OC[C@H]1O[C@@](CO)(OC[C@@]2(OC[C@]3(O)O[C@H](CO)[C@H](O)[C@H]3O)O[C@H](CO)[C@H](O)[C@H]2O)[C@H](O)[C@H]1O. The van der Waals surface area contributed by atoms with Gasteiger partial charge >= 0.3 is 0 Å². The number of aliphatic hydroxyl groups excluding tert-OH is 10. The Morgan fingerprint density at radius 1 is 0.559 bits per heavy atom. The van der Waals surface area contributed by atoms with Crippen LogP contribution in [-0.2, 0) is 23.7 Å². The van der Waals surface area contributed by atoms with Gasteiger partial charge in [0.25, 0.3) is 0 Å². The van der Waals surface area contributed by atoms with Crippen LogP contribution < -0.4 is 0 Å². The van der Waals surface area contributed by atoms with E-state index in [2.05, 4.69) is 0 Å². The molecule has 34 heavy (non-hydrogen) atoms. The minimum atomic E-state index is -2.61. The lowest BCUT2D eigenvalue weighted by Crippen LogP contribution is -2.57. The third-order valence-corrected chi connectivity index (χ3v) is 6.34. The Balaban J connectivity index is 1.82. The van der Waals surface area contributed by atoms with E-state index >= 15 is 0 Å². The van der Waals surface area contributed by atoms with Gasteiger partial charge in [-0.05, 0) is 0 Å². The van der Waals surface area contributed by atoms with Crippen molar-refractivity contribution in [1.29, 1.82) is 0 Å². The molecule has 3 rings (SSSR count). The molecule has 16 nitrogen and oxygen atoms in total. The van der Waals surface area contributed by atoms with Gasteiger partial charge in [0.05, 0.1) is 19.8 Å². The highest BCUT2D eigenvalue weighted by molar-refractivity contribution is 5.02. The van der Waals surface area contributed by atoms with Crippen LogP contribution in [0.15, 0.2) is 0 Å². The summed E-state index contributed by atoms with van der Waals surface area (Å²) in [5.74, 6) is -7.37. The third-order valence-electron chi connectivity index (χ3n) is 6.34. The van der Waals surface area contributed by atoms with Crippen molar-refractivity contribution in [2.24, 2.45) is 0 Å². The molecule has 11 N–H and O–H groups in total. The van der Waals surface area contributed by atoms with E-state index in [4.69, 9.17) is 23.7 Å². The molecule has 3 aliphatic heterocycles. The molecule has 200 valence electrons. The van der Waals surface area contributed by atoms with Crippen molar-refractivity contribution in [3.8, 4) is 0 Å². The molecule has 0 amide bonds. The Morgan fingerprint density at radius 2 is 0.971 bits per heavy atom. The zero-order valence-corrected chi connectivity index (χ0v) is 17.9. The molecule has 0 bridgehead atoms. The maximum absolute atomic E-state index is 10.6. The van der Waals surface area contributed by atoms with E-state index in [1.807, 2.05) is 0 Å². The van der Waals surface area contributed by atoms with E-state index in [1.165, 1.54) is 0 Å². The molecule has 3 saturated heterocycles. The summed E-state index contributed by atoms with van der Waals surface area (Å²) in [4.78, 5) is 0. The monoisotopic (exact) mass is 504 g/mol. The van der Waals surface area contributed by atoms with E-state index in [0.717, 1.165) is 0 Å². The second kappa shape index (κ2) is 10.4. The van der Waals surface area contributed by atoms with Crippen LogP contribution in [0.4, 0.5) is 0 Å². The number of ether oxygens (including phenoxy) is 5. The van der Waals surface area contributed by atoms with Crippen molar-refractivity contribution < 1.29 is 79.9 Å². The van der Waals surface area contributed by atoms with Crippen molar-refractivity contribution in [3.05, 3.63) is 0 Å². The normalized spacial score (nSPS) is 51.4. The quantitative estimate of drug-likeness (QED) is 0.132. The Morgan fingerprint density at radius 3 is 1.41 bits per heavy atom. The Hall–Kier alpha value is -0.640. The zero-order chi connectivity index (χ0) is 25.5. The molecule has 0 spiro atoms. The molecule has 3 heterocycles. The molecule has 0 aliphatic carbocycles. The van der Waals surface area contributed by atoms with Gasteiger partial charge in [0.15, 0.2) is 0 Å². The minimum Gasteiger partial charge on any atom is -0.394 e. The highest BCUT2D eigenvalue weighted by Crippen LogP contribution is 2.39. The maximum atomic E-state index is 10.6. The predicted molar refractivity (Wildman–Crippen MR) is 101 cm³/mol. The second-order valence-electron chi connectivity index (χ2n) is 8.53. The third kappa shape index (κ3) is 4.59. The van der Waals surface area contributed by atoms with Gasteiger partial charge in [-0.25, -0.2) is 0 Å². The van der Waals surface area contributed by atoms with Gasteiger partial charge < -0.3 is 79.9 Å². The summed E-state index contributed by atoms with van der Waals surface area (Å²) in [6, 6.07) is 0. The highest BCUT2D eigenvalue weighted by Gasteiger charge is 2.62. The average molecular weight is 504 g/mol. The zero-order valence-electron chi connectivity index (χ0n) is 17.9. The molecular weight excluding hydrogens is 472 g/mol. The number of rotatable bonds is 10. The first-order valence-corrected chi connectivity index (χ1v) is 10.5. The maximum Gasteiger partial charge on any atom is 0.222 e. The molecule has 0 saturated carbocycles. The standard InChI is InChI=1S/C18H32O16/c19-1-7-10(23)13(26)16(29,32-7)5-30-18(15(28)12(25)9(3-21)34-18)6-31-17(4-22)14(27)11(24)8(2-20)33-17/h7-15,19-29H,1-6H2/t7-,8-,9-,10+,11+,12+,13-,14-,15-,16+,17-,18-/m1/s1. The fourth-order valence-electron chi connectivity index (χ4n) is 4.17. The summed E-state index contributed by atoms with van der Waals surface area (Å²) in [6.07, 6.45) is -15.1. The lowest BCUT2D eigenvalue weighted by Gasteiger charge is -2.38. The van der Waals surface area contributed by atoms with Crippen LogP contribution in [0.25, 0.3) is 0 Å². The topological polar surface area (TPSA) is 269 Å². The van der Waals surface area contributed by atoms with Crippen LogP contribution in [0.3, 0.4) is 0 Å². The Labute approximate surface area is 192 Å². The number of hydrogen-bond acceptors (Lipinski definition) is 16. The first kappa shape index (κ1) is 27.9. The Bertz CT molecular complexity index is 684. The summed E-state index contributed by atoms with van der Waals surface area (Å²) in [7, 11) is 0. The lowest BCUT2D eigenvalue weighted by atomic mass is 10.0. The first-order chi connectivity index (χ1) is 15.9. The average Bonchev–Trinajstić information content (AvgIpc) is 3.33. The lowest BCUT2D eigenvalue weighted by molar-refractivity contribution is -0.359. The Kier molecular flexibility index (Phi) is 8.53. The van der Waals surface area contributed by atoms with Crippen molar-refractivity contribution in [1.82, 2.24) is 0 Å². The molecule has 3 aliphatic rings. The van der Waals surface area contributed by atoms with Crippen LogP contribution in [0.5, 0.6) is 0 Å². The fourth-order valence-corrected chi connectivity index (χ4v) is 4.17. The fraction of sp³-hybridized carbons (Fsp3) is 1.00. The number of hydrogen-bond donors (Lipinski definition) is 11. The summed E-state index contributed by atoms with van der Waals surface area (Å²) < 4.78 is 26.6. The second-order valence-corrected chi connectivity index (χ2v) is 8.53. The summed E-state index contributed by atoms with van der Waals surface area (Å²) in [6.45, 7) is -5.33. The van der Waals surface area contributed by atoms with Crippen molar-refractivity contribution in [2.45, 2.75) is 72.3 Å². The summed E-state index contributed by atoms with van der Waals surface area (Å²) in [5, 5.41) is 109. The van der Waals surface area contributed by atoms with E-state index in [1.54, 1.807) is 0 Å². The van der Waals surface area contributed by atoms with E-state index in [9.17, 15) is 56.2 Å². The van der Waals surface area contributed by atoms with E-state index < -0.39 is 112 Å². The molecule has 16 heteroatoms.